The molecule has 4 heteroatoms. The second-order valence-corrected chi connectivity index (χ2v) is 4.91. The van der Waals surface area contributed by atoms with Crippen molar-refractivity contribution in [3.63, 3.8) is 0 Å². The maximum absolute atomic E-state index is 4.37. The predicted molar refractivity (Wildman–Crippen MR) is 79.0 cm³/mol. The van der Waals surface area contributed by atoms with Crippen molar-refractivity contribution in [2.45, 2.75) is 26.8 Å². The summed E-state index contributed by atoms with van der Waals surface area (Å²) in [7, 11) is 0. The smallest absolute Gasteiger partial charge is 0.108 e. The van der Waals surface area contributed by atoms with Crippen LogP contribution in [-0.4, -0.2) is 19.1 Å². The van der Waals surface area contributed by atoms with E-state index in [4.69, 9.17) is 0 Å². The minimum absolute atomic E-state index is 0.874. The molecular weight excluding hydrogens is 248 g/mol. The van der Waals surface area contributed by atoms with E-state index in [2.05, 4.69) is 46.6 Å². The van der Waals surface area contributed by atoms with E-state index in [9.17, 15) is 0 Å². The molecule has 0 spiro atoms. The minimum Gasteiger partial charge on any atom is -0.331 e. The molecule has 0 saturated heterocycles. The Kier molecular flexibility index (Phi) is 3.37. The fraction of sp³-hybridized carbons (Fsp3) is 0.250. The monoisotopic (exact) mass is 266 g/mol. The van der Waals surface area contributed by atoms with Crippen LogP contribution in [0, 0.1) is 6.92 Å². The Morgan fingerprint density at radius 1 is 1.15 bits per heavy atom. The zero-order chi connectivity index (χ0) is 13.9. The van der Waals surface area contributed by atoms with Crippen LogP contribution < -0.4 is 0 Å². The zero-order valence-corrected chi connectivity index (χ0v) is 11.8. The lowest BCUT2D eigenvalue weighted by molar-refractivity contribution is 0.729. The van der Waals surface area contributed by atoms with Crippen molar-refractivity contribution in [1.29, 1.82) is 0 Å². The summed E-state index contributed by atoms with van der Waals surface area (Å²) in [6.07, 6.45) is 10.4. The van der Waals surface area contributed by atoms with Gasteiger partial charge in [0.1, 0.15) is 5.82 Å². The Labute approximate surface area is 118 Å². The van der Waals surface area contributed by atoms with Gasteiger partial charge in [0.05, 0.1) is 6.33 Å². The van der Waals surface area contributed by atoms with E-state index in [1.165, 1.54) is 11.1 Å². The number of rotatable bonds is 4. The summed E-state index contributed by atoms with van der Waals surface area (Å²) in [5.41, 5.74) is 3.75. The maximum atomic E-state index is 4.37. The summed E-state index contributed by atoms with van der Waals surface area (Å²) in [6, 6.07) is 6.51. The van der Waals surface area contributed by atoms with E-state index in [1.807, 2.05) is 29.5 Å². The van der Waals surface area contributed by atoms with Crippen molar-refractivity contribution in [3.05, 3.63) is 66.3 Å². The van der Waals surface area contributed by atoms with Crippen molar-refractivity contribution < 1.29 is 0 Å². The molecule has 102 valence electrons. The molecule has 0 saturated carbocycles. The van der Waals surface area contributed by atoms with Gasteiger partial charge in [-0.25, -0.2) is 9.97 Å². The largest absolute Gasteiger partial charge is 0.331 e. The van der Waals surface area contributed by atoms with Gasteiger partial charge in [0, 0.05) is 43.4 Å². The van der Waals surface area contributed by atoms with E-state index in [1.54, 1.807) is 6.20 Å². The molecule has 0 radical (unpaired) electrons. The van der Waals surface area contributed by atoms with Crippen molar-refractivity contribution in [3.8, 4) is 5.69 Å². The summed E-state index contributed by atoms with van der Waals surface area (Å²) in [5.74, 6) is 1.13. The summed E-state index contributed by atoms with van der Waals surface area (Å²) in [4.78, 5) is 8.45. The maximum Gasteiger partial charge on any atom is 0.108 e. The van der Waals surface area contributed by atoms with Crippen molar-refractivity contribution >= 4 is 0 Å². The van der Waals surface area contributed by atoms with Crippen molar-refractivity contribution in [2.24, 2.45) is 0 Å². The van der Waals surface area contributed by atoms with Gasteiger partial charge in [-0.2, -0.15) is 0 Å². The lowest BCUT2D eigenvalue weighted by Gasteiger charge is -2.11. The van der Waals surface area contributed by atoms with Gasteiger partial charge in [-0.05, 0) is 30.2 Å². The molecule has 20 heavy (non-hydrogen) atoms. The van der Waals surface area contributed by atoms with Crippen LogP contribution >= 0.6 is 0 Å². The second-order valence-electron chi connectivity index (χ2n) is 4.91. The van der Waals surface area contributed by atoms with Crippen LogP contribution in [0.2, 0.25) is 0 Å². The van der Waals surface area contributed by atoms with Gasteiger partial charge in [0.15, 0.2) is 0 Å². The second kappa shape index (κ2) is 5.33. The third kappa shape index (κ3) is 2.37. The van der Waals surface area contributed by atoms with Crippen LogP contribution in [0.1, 0.15) is 23.9 Å². The highest BCUT2D eigenvalue weighted by atomic mass is 15.1. The molecule has 4 nitrogen and oxygen atoms in total. The van der Waals surface area contributed by atoms with Gasteiger partial charge in [0.2, 0.25) is 0 Å². The molecule has 1 aromatic carbocycles. The van der Waals surface area contributed by atoms with E-state index in [-0.39, 0.29) is 0 Å². The molecule has 0 N–H and O–H groups in total. The number of benzene rings is 1. The van der Waals surface area contributed by atoms with Crippen LogP contribution in [0.15, 0.2) is 49.3 Å². The summed E-state index contributed by atoms with van der Waals surface area (Å²) >= 11 is 0. The Bertz CT molecular complexity index is 695. The van der Waals surface area contributed by atoms with E-state index in [0.717, 1.165) is 24.5 Å². The molecule has 3 aromatic rings. The zero-order valence-electron chi connectivity index (χ0n) is 11.8. The SMILES string of the molecule is CCc1nccn1Cc1ccc(-n2ccnc2)cc1C. The van der Waals surface area contributed by atoms with E-state index < -0.39 is 0 Å². The highest BCUT2D eigenvalue weighted by Crippen LogP contribution is 2.16. The molecule has 0 fully saturated rings. The average molecular weight is 266 g/mol. The molecular formula is C16H18N4. The molecule has 2 heterocycles. The predicted octanol–water partition coefficient (Wildman–Crippen LogP) is 2.99. The lowest BCUT2D eigenvalue weighted by Crippen LogP contribution is -2.05. The fourth-order valence-corrected chi connectivity index (χ4v) is 2.41. The first-order chi connectivity index (χ1) is 9.78. The highest BCUT2D eigenvalue weighted by molar-refractivity contribution is 5.40. The number of aryl methyl sites for hydroxylation is 2. The van der Waals surface area contributed by atoms with Crippen LogP contribution in [0.4, 0.5) is 0 Å². The summed E-state index contributed by atoms with van der Waals surface area (Å²) < 4.78 is 4.23. The molecule has 2 aromatic heterocycles. The normalized spacial score (nSPS) is 10.9. The molecule has 0 atom stereocenters. The standard InChI is InChI=1S/C16H18N4/c1-3-16-18-7-9-19(16)11-14-4-5-15(10-13(14)2)20-8-6-17-12-20/h4-10,12H,3,11H2,1-2H3. The molecule has 0 aliphatic rings. The third-order valence-electron chi connectivity index (χ3n) is 3.59. The minimum atomic E-state index is 0.874. The Morgan fingerprint density at radius 2 is 2.05 bits per heavy atom. The molecule has 0 unspecified atom stereocenters. The Balaban J connectivity index is 1.88. The molecule has 0 aliphatic heterocycles. The number of aromatic nitrogens is 4. The third-order valence-corrected chi connectivity index (χ3v) is 3.59. The Hall–Kier alpha value is -2.36. The van der Waals surface area contributed by atoms with Crippen LogP contribution in [0.3, 0.4) is 0 Å². The lowest BCUT2D eigenvalue weighted by atomic mass is 10.1. The molecule has 0 aliphatic carbocycles. The van der Waals surface area contributed by atoms with Crippen LogP contribution in [-0.2, 0) is 13.0 Å². The van der Waals surface area contributed by atoms with Crippen molar-refractivity contribution in [1.82, 2.24) is 19.1 Å². The Morgan fingerprint density at radius 3 is 2.75 bits per heavy atom. The average Bonchev–Trinajstić information content (AvgIpc) is 3.11. The van der Waals surface area contributed by atoms with Gasteiger partial charge >= 0.3 is 0 Å². The van der Waals surface area contributed by atoms with Gasteiger partial charge in [0.25, 0.3) is 0 Å². The molecule has 3 rings (SSSR count). The van der Waals surface area contributed by atoms with Gasteiger partial charge in [-0.1, -0.05) is 13.0 Å². The number of hydrogen-bond donors (Lipinski definition) is 0. The van der Waals surface area contributed by atoms with Gasteiger partial charge < -0.3 is 9.13 Å². The topological polar surface area (TPSA) is 35.6 Å². The summed E-state index contributed by atoms with van der Waals surface area (Å²) in [6.45, 7) is 5.16. The first-order valence-corrected chi connectivity index (χ1v) is 6.86. The molecule has 0 bridgehead atoms. The number of hydrogen-bond acceptors (Lipinski definition) is 2. The quantitative estimate of drug-likeness (QED) is 0.727. The number of nitrogens with zero attached hydrogens (tertiary/aromatic N) is 4. The van der Waals surface area contributed by atoms with E-state index in [0.29, 0.717) is 0 Å². The summed E-state index contributed by atoms with van der Waals surface area (Å²) in [5, 5.41) is 0. The van der Waals surface area contributed by atoms with Gasteiger partial charge in [-0.15, -0.1) is 0 Å². The molecule has 0 amide bonds. The van der Waals surface area contributed by atoms with Crippen LogP contribution in [0.25, 0.3) is 5.69 Å². The van der Waals surface area contributed by atoms with Gasteiger partial charge in [-0.3, -0.25) is 0 Å². The van der Waals surface area contributed by atoms with Crippen molar-refractivity contribution in [2.75, 3.05) is 0 Å². The van der Waals surface area contributed by atoms with E-state index >= 15 is 0 Å². The first-order valence-electron chi connectivity index (χ1n) is 6.86. The highest BCUT2D eigenvalue weighted by Gasteiger charge is 2.05. The van der Waals surface area contributed by atoms with Crippen LogP contribution in [0.5, 0.6) is 0 Å². The fourth-order valence-electron chi connectivity index (χ4n) is 2.41. The first kappa shape index (κ1) is 12.7. The number of imidazole rings is 2.